The summed E-state index contributed by atoms with van der Waals surface area (Å²) in [6.45, 7) is 7.44. The largest absolute Gasteiger partial charge is 0.384 e. The van der Waals surface area contributed by atoms with Crippen LogP contribution in [0.5, 0.6) is 0 Å². The van der Waals surface area contributed by atoms with E-state index in [1.807, 2.05) is 0 Å². The number of nitrogen functional groups attached to an aromatic ring is 1. The first-order chi connectivity index (χ1) is 9.67. The van der Waals surface area contributed by atoms with Gasteiger partial charge in [-0.3, -0.25) is 0 Å². The second kappa shape index (κ2) is 6.60. The Labute approximate surface area is 121 Å². The van der Waals surface area contributed by atoms with Crippen molar-refractivity contribution < 1.29 is 0 Å². The smallest absolute Gasteiger partial charge is 0.126 e. The van der Waals surface area contributed by atoms with E-state index < -0.39 is 0 Å². The van der Waals surface area contributed by atoms with Crippen LogP contribution in [0.1, 0.15) is 50.2 Å². The number of hydrogen-bond donors (Lipinski definition) is 1. The highest BCUT2D eigenvalue weighted by Crippen LogP contribution is 2.24. The Balaban J connectivity index is 2.21. The molecule has 0 fully saturated rings. The highest BCUT2D eigenvalue weighted by Gasteiger charge is 2.16. The predicted octanol–water partition coefficient (Wildman–Crippen LogP) is 3.78. The van der Waals surface area contributed by atoms with E-state index in [1.165, 1.54) is 5.56 Å². The highest BCUT2D eigenvalue weighted by atomic mass is 15.1. The summed E-state index contributed by atoms with van der Waals surface area (Å²) in [7, 11) is 0. The molecule has 0 aliphatic rings. The van der Waals surface area contributed by atoms with Crippen molar-refractivity contribution in [2.24, 2.45) is 0 Å². The standard InChI is InChI=1S/C17H25N3/c1-4-9-16-19-15(17(18)20(16)5-2)12-13(3)14-10-7-6-8-11-14/h6-8,10-11,13H,4-5,9,12,18H2,1-3H3. The van der Waals surface area contributed by atoms with Gasteiger partial charge in [0.2, 0.25) is 0 Å². The number of hydrogen-bond acceptors (Lipinski definition) is 2. The lowest BCUT2D eigenvalue weighted by atomic mass is 9.96. The molecule has 0 aliphatic carbocycles. The Morgan fingerprint density at radius 2 is 1.90 bits per heavy atom. The molecule has 1 atom stereocenters. The molecule has 108 valence electrons. The van der Waals surface area contributed by atoms with E-state index in [4.69, 9.17) is 10.7 Å². The minimum Gasteiger partial charge on any atom is -0.384 e. The molecule has 1 unspecified atom stereocenters. The number of nitrogens with two attached hydrogens (primary N) is 1. The van der Waals surface area contributed by atoms with Gasteiger partial charge in [-0.1, -0.05) is 44.2 Å². The lowest BCUT2D eigenvalue weighted by Gasteiger charge is -2.11. The molecule has 0 radical (unpaired) electrons. The first-order valence-corrected chi connectivity index (χ1v) is 7.56. The van der Waals surface area contributed by atoms with Crippen molar-refractivity contribution in [3.63, 3.8) is 0 Å². The van der Waals surface area contributed by atoms with Gasteiger partial charge in [0.15, 0.2) is 0 Å². The summed E-state index contributed by atoms with van der Waals surface area (Å²) in [5, 5.41) is 0. The van der Waals surface area contributed by atoms with Crippen molar-refractivity contribution in [1.82, 2.24) is 9.55 Å². The van der Waals surface area contributed by atoms with Crippen LogP contribution in [0.3, 0.4) is 0 Å². The van der Waals surface area contributed by atoms with Gasteiger partial charge in [-0.05, 0) is 31.2 Å². The van der Waals surface area contributed by atoms with Crippen molar-refractivity contribution in [3.05, 3.63) is 47.4 Å². The maximum absolute atomic E-state index is 6.27. The van der Waals surface area contributed by atoms with E-state index in [-0.39, 0.29) is 0 Å². The second-order valence-corrected chi connectivity index (χ2v) is 5.37. The molecule has 1 aromatic heterocycles. The number of aromatic nitrogens is 2. The zero-order valence-electron chi connectivity index (χ0n) is 12.8. The average Bonchev–Trinajstić information content (AvgIpc) is 2.76. The van der Waals surface area contributed by atoms with Crippen molar-refractivity contribution in [2.75, 3.05) is 5.73 Å². The molecule has 20 heavy (non-hydrogen) atoms. The molecule has 2 rings (SSSR count). The summed E-state index contributed by atoms with van der Waals surface area (Å²) in [4.78, 5) is 4.77. The zero-order valence-corrected chi connectivity index (χ0v) is 12.8. The number of anilines is 1. The van der Waals surface area contributed by atoms with Gasteiger partial charge in [-0.2, -0.15) is 0 Å². The molecule has 1 aromatic carbocycles. The summed E-state index contributed by atoms with van der Waals surface area (Å²) in [5.74, 6) is 2.41. The van der Waals surface area contributed by atoms with Crippen molar-refractivity contribution in [3.8, 4) is 0 Å². The Morgan fingerprint density at radius 3 is 2.50 bits per heavy atom. The van der Waals surface area contributed by atoms with Gasteiger partial charge in [-0.15, -0.1) is 0 Å². The summed E-state index contributed by atoms with van der Waals surface area (Å²) >= 11 is 0. The first-order valence-electron chi connectivity index (χ1n) is 7.56. The van der Waals surface area contributed by atoms with Crippen LogP contribution in [0.2, 0.25) is 0 Å². The lowest BCUT2D eigenvalue weighted by Crippen LogP contribution is -2.06. The first kappa shape index (κ1) is 14.6. The fourth-order valence-corrected chi connectivity index (χ4v) is 2.68. The summed E-state index contributed by atoms with van der Waals surface area (Å²) in [6.07, 6.45) is 3.00. The van der Waals surface area contributed by atoms with E-state index in [2.05, 4.69) is 55.7 Å². The molecule has 0 bridgehead atoms. The Bertz CT molecular complexity index is 543. The Hall–Kier alpha value is -1.77. The molecule has 3 heteroatoms. The van der Waals surface area contributed by atoms with Gasteiger partial charge in [-0.25, -0.2) is 4.98 Å². The molecule has 2 aromatic rings. The quantitative estimate of drug-likeness (QED) is 0.868. The van der Waals surface area contributed by atoms with Crippen LogP contribution in [-0.2, 0) is 19.4 Å². The Morgan fingerprint density at radius 1 is 1.20 bits per heavy atom. The van der Waals surface area contributed by atoms with E-state index in [0.29, 0.717) is 5.92 Å². The van der Waals surface area contributed by atoms with E-state index >= 15 is 0 Å². The molecular weight excluding hydrogens is 246 g/mol. The number of rotatable bonds is 6. The molecule has 3 nitrogen and oxygen atoms in total. The minimum absolute atomic E-state index is 0.438. The number of benzene rings is 1. The van der Waals surface area contributed by atoms with Crippen LogP contribution in [0.25, 0.3) is 0 Å². The number of imidazole rings is 1. The number of aryl methyl sites for hydroxylation is 1. The maximum Gasteiger partial charge on any atom is 0.126 e. The third-order valence-corrected chi connectivity index (χ3v) is 3.82. The van der Waals surface area contributed by atoms with Crippen molar-refractivity contribution >= 4 is 5.82 Å². The third kappa shape index (κ3) is 3.03. The van der Waals surface area contributed by atoms with Crippen LogP contribution < -0.4 is 5.73 Å². The maximum atomic E-state index is 6.27. The van der Waals surface area contributed by atoms with Crippen LogP contribution in [0.4, 0.5) is 5.82 Å². The monoisotopic (exact) mass is 271 g/mol. The highest BCUT2D eigenvalue weighted by molar-refractivity contribution is 5.39. The molecule has 1 heterocycles. The van der Waals surface area contributed by atoms with Gasteiger partial charge < -0.3 is 10.3 Å². The average molecular weight is 271 g/mol. The number of nitrogens with zero attached hydrogens (tertiary/aromatic N) is 2. The van der Waals surface area contributed by atoms with Crippen LogP contribution in [0.15, 0.2) is 30.3 Å². The van der Waals surface area contributed by atoms with Crippen LogP contribution in [0, 0.1) is 0 Å². The van der Waals surface area contributed by atoms with E-state index in [0.717, 1.165) is 43.1 Å². The zero-order chi connectivity index (χ0) is 14.5. The van der Waals surface area contributed by atoms with Gasteiger partial charge in [0.05, 0.1) is 5.69 Å². The molecule has 0 spiro atoms. The minimum atomic E-state index is 0.438. The molecular formula is C17H25N3. The molecule has 0 aliphatic heterocycles. The van der Waals surface area contributed by atoms with Gasteiger partial charge >= 0.3 is 0 Å². The van der Waals surface area contributed by atoms with Crippen LogP contribution in [-0.4, -0.2) is 9.55 Å². The van der Waals surface area contributed by atoms with Crippen molar-refractivity contribution in [1.29, 1.82) is 0 Å². The molecule has 0 amide bonds. The topological polar surface area (TPSA) is 43.8 Å². The molecule has 0 saturated heterocycles. The lowest BCUT2D eigenvalue weighted by molar-refractivity contribution is 0.690. The van der Waals surface area contributed by atoms with Gasteiger partial charge in [0.1, 0.15) is 11.6 Å². The predicted molar refractivity (Wildman–Crippen MR) is 84.9 cm³/mol. The fourth-order valence-electron chi connectivity index (χ4n) is 2.68. The second-order valence-electron chi connectivity index (χ2n) is 5.37. The Kier molecular flexibility index (Phi) is 4.83. The van der Waals surface area contributed by atoms with E-state index in [9.17, 15) is 0 Å². The fraction of sp³-hybridized carbons (Fsp3) is 0.471. The third-order valence-electron chi connectivity index (χ3n) is 3.82. The summed E-state index contributed by atoms with van der Waals surface area (Å²) in [6, 6.07) is 10.6. The SMILES string of the molecule is CCCc1nc(CC(C)c2ccccc2)c(N)n1CC. The summed E-state index contributed by atoms with van der Waals surface area (Å²) in [5.41, 5.74) is 8.66. The normalized spacial score (nSPS) is 12.6. The van der Waals surface area contributed by atoms with Crippen molar-refractivity contribution in [2.45, 2.75) is 52.5 Å². The summed E-state index contributed by atoms with van der Waals surface area (Å²) < 4.78 is 2.15. The van der Waals surface area contributed by atoms with E-state index in [1.54, 1.807) is 0 Å². The molecule has 0 saturated carbocycles. The van der Waals surface area contributed by atoms with Crippen LogP contribution >= 0.6 is 0 Å². The van der Waals surface area contributed by atoms with Gasteiger partial charge in [0, 0.05) is 13.0 Å². The van der Waals surface area contributed by atoms with Gasteiger partial charge in [0.25, 0.3) is 0 Å². The molecule has 2 N–H and O–H groups in total.